The highest BCUT2D eigenvalue weighted by molar-refractivity contribution is 5.04. The van der Waals surface area contributed by atoms with Gasteiger partial charge in [-0.25, -0.2) is 0 Å². The third kappa shape index (κ3) is 1.14. The fourth-order valence-corrected chi connectivity index (χ4v) is 2.47. The van der Waals surface area contributed by atoms with Gasteiger partial charge in [0.15, 0.2) is 12.1 Å². The second kappa shape index (κ2) is 2.68. The monoisotopic (exact) mass is 201 g/mol. The first kappa shape index (κ1) is 9.06. The third-order valence-corrected chi connectivity index (χ3v) is 3.03. The van der Waals surface area contributed by atoms with E-state index in [1.54, 1.807) is 0 Å². The second-order valence-electron chi connectivity index (χ2n) is 4.57. The molecule has 3 fully saturated rings. The van der Waals surface area contributed by atoms with Crippen molar-refractivity contribution in [3.05, 3.63) is 0 Å². The predicted octanol–water partition coefficient (Wildman–Crippen LogP) is -0.805. The molecule has 0 amide bonds. The number of aliphatic hydroxyl groups is 1. The molecule has 3 heterocycles. The van der Waals surface area contributed by atoms with Crippen LogP contribution in [-0.4, -0.2) is 48.1 Å². The lowest BCUT2D eigenvalue weighted by atomic mass is 10.1. The lowest BCUT2D eigenvalue weighted by molar-refractivity contribution is -0.211. The summed E-state index contributed by atoms with van der Waals surface area (Å²) >= 11 is 0. The summed E-state index contributed by atoms with van der Waals surface area (Å²) in [5.41, 5.74) is 0. The predicted molar refractivity (Wildman–Crippen MR) is 46.5 cm³/mol. The van der Waals surface area contributed by atoms with Gasteiger partial charge in [-0.3, -0.25) is 0 Å². The van der Waals surface area contributed by atoms with Crippen LogP contribution in [0.3, 0.4) is 0 Å². The van der Waals surface area contributed by atoms with E-state index in [2.05, 4.69) is 5.32 Å². The Morgan fingerprint density at radius 1 is 1.29 bits per heavy atom. The van der Waals surface area contributed by atoms with Gasteiger partial charge in [0.05, 0.1) is 12.1 Å². The molecular weight excluding hydrogens is 186 g/mol. The Kier molecular flexibility index (Phi) is 1.73. The van der Waals surface area contributed by atoms with Crippen molar-refractivity contribution in [2.24, 2.45) is 0 Å². The first-order chi connectivity index (χ1) is 6.57. The maximum absolute atomic E-state index is 9.59. The Morgan fingerprint density at radius 2 is 2.07 bits per heavy atom. The molecule has 0 radical (unpaired) electrons. The molecule has 0 aromatic rings. The Hall–Kier alpha value is -0.200. The van der Waals surface area contributed by atoms with Crippen molar-refractivity contribution in [3.8, 4) is 0 Å². The molecule has 80 valence electrons. The fourth-order valence-electron chi connectivity index (χ4n) is 2.47. The van der Waals surface area contributed by atoms with Crippen molar-refractivity contribution >= 4 is 0 Å². The van der Waals surface area contributed by atoms with Gasteiger partial charge < -0.3 is 24.6 Å². The van der Waals surface area contributed by atoms with Gasteiger partial charge in [-0.05, 0) is 13.8 Å². The highest BCUT2D eigenvalue weighted by atomic mass is 16.8. The minimum absolute atomic E-state index is 0.0665. The third-order valence-electron chi connectivity index (χ3n) is 3.03. The Bertz CT molecular complexity index is 257. The number of nitrogens with one attached hydrogen (secondary N) is 1. The number of fused-ring (bicyclic) bond motifs is 3. The number of aliphatic hydroxyl groups excluding tert-OH is 1. The number of β-amino-alcohol motifs (C(OH)–C–C–N with tert-alkyl or cyclic N) is 1. The second-order valence-corrected chi connectivity index (χ2v) is 4.57. The average Bonchev–Trinajstić information content (AvgIpc) is 2.63. The van der Waals surface area contributed by atoms with Gasteiger partial charge in [0, 0.05) is 6.54 Å². The minimum atomic E-state index is -0.574. The van der Waals surface area contributed by atoms with Gasteiger partial charge in [-0.15, -0.1) is 0 Å². The van der Waals surface area contributed by atoms with Crippen LogP contribution in [0.15, 0.2) is 0 Å². The van der Waals surface area contributed by atoms with E-state index in [1.807, 2.05) is 13.8 Å². The largest absolute Gasteiger partial charge is 0.389 e. The first-order valence-corrected chi connectivity index (χ1v) is 4.99. The lowest BCUT2D eigenvalue weighted by Gasteiger charge is -2.22. The molecule has 0 saturated carbocycles. The molecule has 5 heteroatoms. The van der Waals surface area contributed by atoms with Gasteiger partial charge in [0.2, 0.25) is 0 Å². The zero-order chi connectivity index (χ0) is 9.92. The summed E-state index contributed by atoms with van der Waals surface area (Å²) in [6.45, 7) is 4.31. The van der Waals surface area contributed by atoms with Gasteiger partial charge in [-0.2, -0.15) is 0 Å². The van der Waals surface area contributed by atoms with Gasteiger partial charge in [0.25, 0.3) is 0 Å². The molecule has 3 saturated heterocycles. The topological polar surface area (TPSA) is 60.0 Å². The van der Waals surface area contributed by atoms with Crippen LogP contribution in [0.5, 0.6) is 0 Å². The van der Waals surface area contributed by atoms with Crippen molar-refractivity contribution in [2.75, 3.05) is 6.54 Å². The Morgan fingerprint density at radius 3 is 2.86 bits per heavy atom. The van der Waals surface area contributed by atoms with Crippen molar-refractivity contribution < 1.29 is 19.3 Å². The molecule has 5 nitrogen and oxygen atoms in total. The quantitative estimate of drug-likeness (QED) is 0.537. The summed E-state index contributed by atoms with van der Waals surface area (Å²) in [5, 5.41) is 12.8. The molecule has 0 aromatic heterocycles. The summed E-state index contributed by atoms with van der Waals surface area (Å²) in [6, 6.07) is 0.0665. The van der Waals surface area contributed by atoms with E-state index in [1.165, 1.54) is 0 Å². The number of rotatable bonds is 0. The Labute approximate surface area is 82.3 Å². The van der Waals surface area contributed by atoms with Crippen LogP contribution in [0, 0.1) is 0 Å². The SMILES string of the molecule is CC1(C)O[C@@H]2O[C@@H]3[C@@H](NC[C@H]3O)[C@@H]2O1. The van der Waals surface area contributed by atoms with E-state index in [-0.39, 0.29) is 24.5 Å². The summed E-state index contributed by atoms with van der Waals surface area (Å²) in [7, 11) is 0. The molecule has 5 atom stereocenters. The highest BCUT2D eigenvalue weighted by Crippen LogP contribution is 2.39. The zero-order valence-electron chi connectivity index (χ0n) is 8.27. The molecule has 3 aliphatic heterocycles. The van der Waals surface area contributed by atoms with Gasteiger partial charge in [0.1, 0.15) is 12.2 Å². The van der Waals surface area contributed by atoms with Crippen molar-refractivity contribution in [3.63, 3.8) is 0 Å². The molecular formula is C9H15NO4. The minimum Gasteiger partial charge on any atom is -0.389 e. The Balaban J connectivity index is 1.80. The van der Waals surface area contributed by atoms with Crippen LogP contribution in [0.1, 0.15) is 13.8 Å². The van der Waals surface area contributed by atoms with Crippen LogP contribution in [0.2, 0.25) is 0 Å². The van der Waals surface area contributed by atoms with Gasteiger partial charge >= 0.3 is 0 Å². The summed E-state index contributed by atoms with van der Waals surface area (Å²) < 4.78 is 16.9. The molecule has 3 aliphatic rings. The lowest BCUT2D eigenvalue weighted by Crippen LogP contribution is -2.40. The highest BCUT2D eigenvalue weighted by Gasteiger charge is 2.58. The molecule has 14 heavy (non-hydrogen) atoms. The van der Waals surface area contributed by atoms with Crippen molar-refractivity contribution in [1.29, 1.82) is 0 Å². The maximum atomic E-state index is 9.59. The maximum Gasteiger partial charge on any atom is 0.189 e. The number of ether oxygens (including phenoxy) is 3. The molecule has 0 bridgehead atoms. The number of hydrogen-bond acceptors (Lipinski definition) is 5. The first-order valence-electron chi connectivity index (χ1n) is 4.99. The number of hydrogen-bond donors (Lipinski definition) is 2. The van der Waals surface area contributed by atoms with Crippen LogP contribution in [0.4, 0.5) is 0 Å². The molecule has 0 unspecified atom stereocenters. The molecule has 0 spiro atoms. The molecule has 0 aliphatic carbocycles. The summed E-state index contributed by atoms with van der Waals surface area (Å²) in [4.78, 5) is 0. The fraction of sp³-hybridized carbons (Fsp3) is 1.00. The normalized spacial score (nSPS) is 54.6. The molecule has 0 aromatic carbocycles. The smallest absolute Gasteiger partial charge is 0.189 e. The van der Waals surface area contributed by atoms with Crippen LogP contribution >= 0.6 is 0 Å². The van der Waals surface area contributed by atoms with E-state index in [0.717, 1.165) is 0 Å². The van der Waals surface area contributed by atoms with Gasteiger partial charge in [-0.1, -0.05) is 0 Å². The van der Waals surface area contributed by atoms with E-state index in [4.69, 9.17) is 14.2 Å². The van der Waals surface area contributed by atoms with E-state index < -0.39 is 11.9 Å². The summed E-state index contributed by atoms with van der Waals surface area (Å²) in [5.74, 6) is -0.574. The van der Waals surface area contributed by atoms with Crippen molar-refractivity contribution in [2.45, 2.75) is 50.3 Å². The van der Waals surface area contributed by atoms with E-state index in [0.29, 0.717) is 6.54 Å². The van der Waals surface area contributed by atoms with Crippen molar-refractivity contribution in [1.82, 2.24) is 5.32 Å². The summed E-state index contributed by atoms with van der Waals surface area (Å²) in [6.07, 6.45) is -1.04. The molecule has 3 rings (SSSR count). The van der Waals surface area contributed by atoms with Crippen LogP contribution < -0.4 is 5.32 Å². The van der Waals surface area contributed by atoms with E-state index in [9.17, 15) is 5.11 Å². The van der Waals surface area contributed by atoms with E-state index >= 15 is 0 Å². The standard InChI is InChI=1S/C9H15NO4/c1-9(2)13-7-5-6(4(11)3-10-5)12-8(7)14-9/h4-8,10-11H,3H2,1-2H3/t4-,5-,6+,7+,8+/m1/s1. The van der Waals surface area contributed by atoms with Crippen LogP contribution in [-0.2, 0) is 14.2 Å². The zero-order valence-corrected chi connectivity index (χ0v) is 8.27. The molecule has 2 N–H and O–H groups in total. The average molecular weight is 201 g/mol. The van der Waals surface area contributed by atoms with Crippen LogP contribution in [0.25, 0.3) is 0 Å².